The van der Waals surface area contributed by atoms with Crippen molar-refractivity contribution in [3.63, 3.8) is 0 Å². The van der Waals surface area contributed by atoms with Crippen LogP contribution in [0, 0.1) is 3.57 Å². The Morgan fingerprint density at radius 1 is 1.50 bits per heavy atom. The lowest BCUT2D eigenvalue weighted by Gasteiger charge is -2.06. The Morgan fingerprint density at radius 2 is 2.29 bits per heavy atom. The van der Waals surface area contributed by atoms with Gasteiger partial charge < -0.3 is 10.6 Å². The molecule has 1 aromatic rings. The van der Waals surface area contributed by atoms with Gasteiger partial charge in [-0.3, -0.25) is 0 Å². The average molecular weight is 304 g/mol. The van der Waals surface area contributed by atoms with Gasteiger partial charge in [0.25, 0.3) is 0 Å². The Balaban J connectivity index is 2.47. The lowest BCUT2D eigenvalue weighted by atomic mass is 10.3. The first-order chi connectivity index (χ1) is 6.72. The number of anilines is 1. The zero-order chi connectivity index (χ0) is 10.4. The molecule has 14 heavy (non-hydrogen) atoms. The van der Waals surface area contributed by atoms with Crippen molar-refractivity contribution in [2.75, 3.05) is 11.9 Å². The van der Waals surface area contributed by atoms with Crippen LogP contribution in [-0.2, 0) is 0 Å². The van der Waals surface area contributed by atoms with E-state index in [2.05, 4.69) is 33.2 Å². The molecule has 4 heteroatoms. The summed E-state index contributed by atoms with van der Waals surface area (Å²) in [5, 5.41) is 5.51. The van der Waals surface area contributed by atoms with Gasteiger partial charge in [0.15, 0.2) is 0 Å². The molecule has 0 aliphatic rings. The first kappa shape index (κ1) is 11.3. The molecule has 1 rings (SSSR count). The zero-order valence-electron chi connectivity index (χ0n) is 8.01. The largest absolute Gasteiger partial charge is 0.338 e. The van der Waals surface area contributed by atoms with Gasteiger partial charge in [0, 0.05) is 15.8 Å². The molecule has 0 spiro atoms. The average Bonchev–Trinajstić information content (AvgIpc) is 2.15. The van der Waals surface area contributed by atoms with Crippen LogP contribution in [0.4, 0.5) is 10.5 Å². The SMILES string of the molecule is CCCNC(=O)Nc1cccc(I)c1. The summed E-state index contributed by atoms with van der Waals surface area (Å²) in [6.07, 6.45) is 0.944. The predicted octanol–water partition coefficient (Wildman–Crippen LogP) is 2.82. The van der Waals surface area contributed by atoms with Gasteiger partial charge >= 0.3 is 6.03 Å². The first-order valence-electron chi connectivity index (χ1n) is 4.53. The Labute approximate surface area is 97.4 Å². The van der Waals surface area contributed by atoms with Crippen LogP contribution in [0.2, 0.25) is 0 Å². The van der Waals surface area contributed by atoms with E-state index in [1.54, 1.807) is 0 Å². The second-order valence-corrected chi connectivity index (χ2v) is 4.14. The third-order valence-corrected chi connectivity index (χ3v) is 2.29. The van der Waals surface area contributed by atoms with Crippen molar-refractivity contribution < 1.29 is 4.79 Å². The minimum atomic E-state index is -0.145. The summed E-state index contributed by atoms with van der Waals surface area (Å²) in [4.78, 5) is 11.3. The smallest absolute Gasteiger partial charge is 0.319 e. The van der Waals surface area contributed by atoms with E-state index in [9.17, 15) is 4.79 Å². The summed E-state index contributed by atoms with van der Waals surface area (Å²) in [6.45, 7) is 2.72. The number of rotatable bonds is 3. The van der Waals surface area contributed by atoms with Crippen molar-refractivity contribution in [1.29, 1.82) is 0 Å². The van der Waals surface area contributed by atoms with Crippen LogP contribution in [-0.4, -0.2) is 12.6 Å². The van der Waals surface area contributed by atoms with Crippen molar-refractivity contribution in [3.05, 3.63) is 27.8 Å². The number of carbonyl (C=O) groups excluding carboxylic acids is 1. The van der Waals surface area contributed by atoms with E-state index < -0.39 is 0 Å². The van der Waals surface area contributed by atoms with Crippen LogP contribution >= 0.6 is 22.6 Å². The molecule has 2 N–H and O–H groups in total. The Hall–Kier alpha value is -0.780. The number of halogens is 1. The summed E-state index contributed by atoms with van der Waals surface area (Å²) < 4.78 is 1.11. The third kappa shape index (κ3) is 3.95. The Bertz CT molecular complexity index is 315. The number of carbonyl (C=O) groups is 1. The minimum absolute atomic E-state index is 0.145. The molecule has 0 saturated heterocycles. The normalized spacial score (nSPS) is 9.57. The van der Waals surface area contributed by atoms with Gasteiger partial charge in [0.05, 0.1) is 0 Å². The third-order valence-electron chi connectivity index (χ3n) is 1.62. The van der Waals surface area contributed by atoms with Gasteiger partial charge in [-0.1, -0.05) is 13.0 Å². The molecule has 0 heterocycles. The number of benzene rings is 1. The predicted molar refractivity (Wildman–Crippen MR) is 66.5 cm³/mol. The maximum Gasteiger partial charge on any atom is 0.319 e. The molecule has 0 aliphatic heterocycles. The molecule has 0 saturated carbocycles. The van der Waals surface area contributed by atoms with Crippen LogP contribution in [0.15, 0.2) is 24.3 Å². The summed E-state index contributed by atoms with van der Waals surface area (Å²) in [7, 11) is 0. The summed E-state index contributed by atoms with van der Waals surface area (Å²) in [5.74, 6) is 0. The Morgan fingerprint density at radius 3 is 2.93 bits per heavy atom. The lowest BCUT2D eigenvalue weighted by molar-refractivity contribution is 0.252. The highest BCUT2D eigenvalue weighted by Gasteiger charge is 1.99. The van der Waals surface area contributed by atoms with E-state index in [1.807, 2.05) is 31.2 Å². The number of urea groups is 1. The maximum absolute atomic E-state index is 11.3. The molecule has 76 valence electrons. The van der Waals surface area contributed by atoms with E-state index in [0.29, 0.717) is 6.54 Å². The Kier molecular flexibility index (Phi) is 4.72. The van der Waals surface area contributed by atoms with Crippen molar-refractivity contribution in [2.24, 2.45) is 0 Å². The molecule has 0 aliphatic carbocycles. The van der Waals surface area contributed by atoms with Gasteiger partial charge in [-0.05, 0) is 47.2 Å². The first-order valence-corrected chi connectivity index (χ1v) is 5.60. The van der Waals surface area contributed by atoms with E-state index in [4.69, 9.17) is 0 Å². The highest BCUT2D eigenvalue weighted by atomic mass is 127. The van der Waals surface area contributed by atoms with Crippen molar-refractivity contribution >= 4 is 34.3 Å². The fourth-order valence-electron chi connectivity index (χ4n) is 0.980. The molecule has 1 aromatic carbocycles. The summed E-state index contributed by atoms with van der Waals surface area (Å²) in [6, 6.07) is 7.54. The molecule has 0 aromatic heterocycles. The molecule has 3 nitrogen and oxygen atoms in total. The molecule has 0 bridgehead atoms. The fourth-order valence-corrected chi connectivity index (χ4v) is 1.52. The van der Waals surface area contributed by atoms with Gasteiger partial charge in [-0.15, -0.1) is 0 Å². The number of hydrogen-bond acceptors (Lipinski definition) is 1. The van der Waals surface area contributed by atoms with Crippen LogP contribution in [0.3, 0.4) is 0 Å². The molecule has 0 unspecified atom stereocenters. The number of amides is 2. The van der Waals surface area contributed by atoms with Gasteiger partial charge in [0.1, 0.15) is 0 Å². The molecular formula is C10H13IN2O. The van der Waals surface area contributed by atoms with Crippen LogP contribution < -0.4 is 10.6 Å². The zero-order valence-corrected chi connectivity index (χ0v) is 10.2. The standard InChI is InChI=1S/C10H13IN2O/c1-2-6-12-10(14)13-9-5-3-4-8(11)7-9/h3-5,7H,2,6H2,1H3,(H2,12,13,14). The van der Waals surface area contributed by atoms with Crippen LogP contribution in [0.5, 0.6) is 0 Å². The second-order valence-electron chi connectivity index (χ2n) is 2.89. The molecule has 0 radical (unpaired) electrons. The summed E-state index contributed by atoms with van der Waals surface area (Å²) in [5.41, 5.74) is 0.825. The van der Waals surface area contributed by atoms with Gasteiger partial charge in [0.2, 0.25) is 0 Å². The monoisotopic (exact) mass is 304 g/mol. The van der Waals surface area contributed by atoms with Gasteiger partial charge in [-0.25, -0.2) is 4.79 Å². The molecule has 0 fully saturated rings. The highest BCUT2D eigenvalue weighted by Crippen LogP contribution is 2.11. The van der Waals surface area contributed by atoms with E-state index in [1.165, 1.54) is 0 Å². The lowest BCUT2D eigenvalue weighted by Crippen LogP contribution is -2.29. The summed E-state index contributed by atoms with van der Waals surface area (Å²) >= 11 is 2.21. The quantitative estimate of drug-likeness (QED) is 0.828. The fraction of sp³-hybridized carbons (Fsp3) is 0.300. The molecule has 0 atom stereocenters. The van der Waals surface area contributed by atoms with Crippen molar-refractivity contribution in [3.8, 4) is 0 Å². The number of hydrogen-bond donors (Lipinski definition) is 2. The molecular weight excluding hydrogens is 291 g/mol. The maximum atomic E-state index is 11.3. The van der Waals surface area contributed by atoms with E-state index in [-0.39, 0.29) is 6.03 Å². The van der Waals surface area contributed by atoms with Crippen LogP contribution in [0.1, 0.15) is 13.3 Å². The van der Waals surface area contributed by atoms with Crippen molar-refractivity contribution in [1.82, 2.24) is 5.32 Å². The number of nitrogens with one attached hydrogen (secondary N) is 2. The topological polar surface area (TPSA) is 41.1 Å². The minimum Gasteiger partial charge on any atom is -0.338 e. The van der Waals surface area contributed by atoms with Crippen molar-refractivity contribution in [2.45, 2.75) is 13.3 Å². The van der Waals surface area contributed by atoms with E-state index in [0.717, 1.165) is 15.7 Å². The van der Waals surface area contributed by atoms with Gasteiger partial charge in [-0.2, -0.15) is 0 Å². The molecule has 2 amide bonds. The van der Waals surface area contributed by atoms with E-state index >= 15 is 0 Å². The second kappa shape index (κ2) is 5.85. The van der Waals surface area contributed by atoms with Crippen LogP contribution in [0.25, 0.3) is 0 Å². The highest BCUT2D eigenvalue weighted by molar-refractivity contribution is 14.1.